The molecule has 1 aromatic rings. The summed E-state index contributed by atoms with van der Waals surface area (Å²) < 4.78 is 1.08. The normalized spacial score (nSPS) is 10.0. The topological polar surface area (TPSA) is 29.1 Å². The van der Waals surface area contributed by atoms with Crippen LogP contribution in [-0.2, 0) is 0 Å². The minimum atomic E-state index is 0.0583. The smallest absolute Gasteiger partial charge is 0.261 e. The summed E-state index contributed by atoms with van der Waals surface area (Å²) in [6.07, 6.45) is 1.04. The molecule has 0 fully saturated rings. The molecule has 0 saturated carbocycles. The van der Waals surface area contributed by atoms with Crippen molar-refractivity contribution in [3.8, 4) is 0 Å². The molecule has 0 saturated heterocycles. The molecule has 0 aliphatic carbocycles. The molecule has 1 amide bonds. The second-order valence-corrected chi connectivity index (χ2v) is 5.08. The average Bonchev–Trinajstić information content (AvgIpc) is 2.52. The maximum absolute atomic E-state index is 11.4. The summed E-state index contributed by atoms with van der Waals surface area (Å²) in [5.41, 5.74) is 0. The molecule has 0 atom stereocenters. The molecule has 0 aliphatic rings. The summed E-state index contributed by atoms with van der Waals surface area (Å²) in [5, 5.41) is 2.88. The van der Waals surface area contributed by atoms with Gasteiger partial charge in [0.1, 0.15) is 0 Å². The number of carbonyl (C=O) groups excluding carboxylic acids is 1. The molecule has 1 aromatic heterocycles. The summed E-state index contributed by atoms with van der Waals surface area (Å²) in [6, 6.07) is 3.84. The van der Waals surface area contributed by atoms with Crippen molar-refractivity contribution in [1.82, 2.24) is 5.32 Å². The Morgan fingerprint density at radius 1 is 1.62 bits per heavy atom. The number of hydrogen-bond donors (Lipinski definition) is 1. The van der Waals surface area contributed by atoms with Gasteiger partial charge in [-0.3, -0.25) is 4.79 Å². The zero-order valence-electron chi connectivity index (χ0n) is 7.47. The van der Waals surface area contributed by atoms with Crippen LogP contribution in [0.1, 0.15) is 21.0 Å². The van der Waals surface area contributed by atoms with E-state index in [1.54, 1.807) is 0 Å². The first kappa shape index (κ1) is 11.0. The third-order valence-corrected chi connectivity index (χ3v) is 3.32. The SMILES string of the molecule is Cc1ccc(C(=O)NCCCI)s1. The third-order valence-electron chi connectivity index (χ3n) is 1.56. The van der Waals surface area contributed by atoms with Gasteiger partial charge in [0, 0.05) is 15.8 Å². The van der Waals surface area contributed by atoms with Gasteiger partial charge in [0.15, 0.2) is 0 Å². The van der Waals surface area contributed by atoms with E-state index < -0.39 is 0 Å². The van der Waals surface area contributed by atoms with Crippen molar-refractivity contribution >= 4 is 39.8 Å². The molecule has 0 radical (unpaired) electrons. The number of nitrogens with one attached hydrogen (secondary N) is 1. The molecule has 72 valence electrons. The van der Waals surface area contributed by atoms with Gasteiger partial charge in [-0.25, -0.2) is 0 Å². The highest BCUT2D eigenvalue weighted by atomic mass is 127. The molecule has 0 aromatic carbocycles. The molecule has 0 bridgehead atoms. The lowest BCUT2D eigenvalue weighted by Crippen LogP contribution is -2.23. The van der Waals surface area contributed by atoms with E-state index >= 15 is 0 Å². The van der Waals surface area contributed by atoms with E-state index in [-0.39, 0.29) is 5.91 Å². The zero-order chi connectivity index (χ0) is 9.68. The number of carbonyl (C=O) groups is 1. The highest BCUT2D eigenvalue weighted by molar-refractivity contribution is 14.1. The van der Waals surface area contributed by atoms with Crippen LogP contribution in [0.4, 0.5) is 0 Å². The highest BCUT2D eigenvalue weighted by Crippen LogP contribution is 2.14. The highest BCUT2D eigenvalue weighted by Gasteiger charge is 2.05. The molecule has 13 heavy (non-hydrogen) atoms. The molecule has 2 nitrogen and oxygen atoms in total. The van der Waals surface area contributed by atoms with Crippen molar-refractivity contribution in [3.05, 3.63) is 21.9 Å². The van der Waals surface area contributed by atoms with Gasteiger partial charge in [-0.15, -0.1) is 11.3 Å². The Hall–Kier alpha value is -0.100. The van der Waals surface area contributed by atoms with Gasteiger partial charge in [0.05, 0.1) is 4.88 Å². The molecule has 4 heteroatoms. The van der Waals surface area contributed by atoms with E-state index in [0.29, 0.717) is 0 Å². The molecular formula is C9H12INOS. The van der Waals surface area contributed by atoms with Crippen molar-refractivity contribution in [1.29, 1.82) is 0 Å². The minimum absolute atomic E-state index is 0.0583. The Bertz CT molecular complexity index is 285. The average molecular weight is 309 g/mol. The van der Waals surface area contributed by atoms with E-state index in [2.05, 4.69) is 27.9 Å². The van der Waals surface area contributed by atoms with Crippen molar-refractivity contribution in [2.75, 3.05) is 11.0 Å². The van der Waals surface area contributed by atoms with Gasteiger partial charge in [-0.05, 0) is 25.5 Å². The van der Waals surface area contributed by atoms with Gasteiger partial charge in [0.2, 0.25) is 0 Å². The standard InChI is InChI=1S/C9H12INOS/c1-7-3-4-8(13-7)9(12)11-6-2-5-10/h3-4H,2,5-6H2,1H3,(H,11,12). The fraction of sp³-hybridized carbons (Fsp3) is 0.444. The number of aryl methyl sites for hydroxylation is 1. The van der Waals surface area contributed by atoms with Crippen molar-refractivity contribution in [2.24, 2.45) is 0 Å². The van der Waals surface area contributed by atoms with Crippen LogP contribution in [0, 0.1) is 6.92 Å². The Kier molecular flexibility index (Phi) is 4.72. The fourth-order valence-electron chi connectivity index (χ4n) is 0.912. The minimum Gasteiger partial charge on any atom is -0.351 e. The summed E-state index contributed by atoms with van der Waals surface area (Å²) in [5.74, 6) is 0.0583. The van der Waals surface area contributed by atoms with E-state index in [0.717, 1.165) is 22.3 Å². The fourth-order valence-corrected chi connectivity index (χ4v) is 2.08. The number of alkyl halides is 1. The lowest BCUT2D eigenvalue weighted by Gasteiger charge is -2.00. The monoisotopic (exact) mass is 309 g/mol. The summed E-state index contributed by atoms with van der Waals surface area (Å²) in [4.78, 5) is 13.4. The van der Waals surface area contributed by atoms with Crippen molar-refractivity contribution in [2.45, 2.75) is 13.3 Å². The quantitative estimate of drug-likeness (QED) is 0.517. The molecule has 1 heterocycles. The molecule has 0 unspecified atom stereocenters. The van der Waals surface area contributed by atoms with E-state index in [4.69, 9.17) is 0 Å². The van der Waals surface area contributed by atoms with Gasteiger partial charge in [0.25, 0.3) is 5.91 Å². The van der Waals surface area contributed by atoms with Gasteiger partial charge in [-0.1, -0.05) is 22.6 Å². The number of thiophene rings is 1. The number of rotatable bonds is 4. The van der Waals surface area contributed by atoms with Crippen LogP contribution < -0.4 is 5.32 Å². The van der Waals surface area contributed by atoms with E-state index in [1.807, 2.05) is 19.1 Å². The van der Waals surface area contributed by atoms with Crippen molar-refractivity contribution < 1.29 is 4.79 Å². The predicted octanol–water partition coefficient (Wildman–Crippen LogP) is 2.61. The van der Waals surface area contributed by atoms with Crippen molar-refractivity contribution in [3.63, 3.8) is 0 Å². The Labute approximate surface area is 95.9 Å². The maximum atomic E-state index is 11.4. The molecule has 0 spiro atoms. The Morgan fingerprint density at radius 3 is 2.92 bits per heavy atom. The number of amides is 1. The molecule has 1 rings (SSSR count). The van der Waals surface area contributed by atoms with Crippen LogP contribution in [0.15, 0.2) is 12.1 Å². The second-order valence-electron chi connectivity index (χ2n) is 2.71. The predicted molar refractivity (Wildman–Crippen MR) is 64.9 cm³/mol. The summed E-state index contributed by atoms with van der Waals surface area (Å²) in [7, 11) is 0. The first-order chi connectivity index (χ1) is 6.24. The van der Waals surface area contributed by atoms with Crippen LogP contribution in [0.2, 0.25) is 0 Å². The summed E-state index contributed by atoms with van der Waals surface area (Å²) >= 11 is 3.84. The van der Waals surface area contributed by atoms with Crippen LogP contribution >= 0.6 is 33.9 Å². The Balaban J connectivity index is 2.40. The molecule has 0 aliphatic heterocycles. The van der Waals surface area contributed by atoms with Crippen LogP contribution in [0.3, 0.4) is 0 Å². The maximum Gasteiger partial charge on any atom is 0.261 e. The third kappa shape index (κ3) is 3.64. The second kappa shape index (κ2) is 5.59. The number of hydrogen-bond acceptors (Lipinski definition) is 2. The first-order valence-electron chi connectivity index (χ1n) is 4.14. The molecule has 1 N–H and O–H groups in total. The lowest BCUT2D eigenvalue weighted by atomic mass is 10.4. The van der Waals surface area contributed by atoms with Crippen LogP contribution in [0.5, 0.6) is 0 Å². The van der Waals surface area contributed by atoms with Gasteiger partial charge >= 0.3 is 0 Å². The largest absolute Gasteiger partial charge is 0.351 e. The van der Waals surface area contributed by atoms with Gasteiger partial charge < -0.3 is 5.32 Å². The van der Waals surface area contributed by atoms with E-state index in [1.165, 1.54) is 16.2 Å². The lowest BCUT2D eigenvalue weighted by molar-refractivity contribution is 0.0958. The molecular weight excluding hydrogens is 297 g/mol. The number of halogens is 1. The Morgan fingerprint density at radius 2 is 2.38 bits per heavy atom. The van der Waals surface area contributed by atoms with Gasteiger partial charge in [-0.2, -0.15) is 0 Å². The van der Waals surface area contributed by atoms with E-state index in [9.17, 15) is 4.79 Å². The zero-order valence-corrected chi connectivity index (χ0v) is 10.4. The van der Waals surface area contributed by atoms with Crippen LogP contribution in [0.25, 0.3) is 0 Å². The summed E-state index contributed by atoms with van der Waals surface area (Å²) in [6.45, 7) is 2.78. The van der Waals surface area contributed by atoms with Crippen LogP contribution in [-0.4, -0.2) is 16.9 Å². The first-order valence-corrected chi connectivity index (χ1v) is 6.49.